The Balaban J connectivity index is 1.84. The third-order valence-corrected chi connectivity index (χ3v) is 8.71. The molecule has 164 valence electrons. The van der Waals surface area contributed by atoms with Gasteiger partial charge in [-0.25, -0.2) is 9.78 Å². The van der Waals surface area contributed by atoms with E-state index in [2.05, 4.69) is 18.6 Å². The standard InChI is InChI=1S/C21H35N3O3S2/c1-13-17-15(22-14(2)28-17)11-21(13)9-10-24(18(25)27-19(3,4)5)16(12-21)23-29(26)20(6,7)8/h13,16,23H,9-12H2,1-8H3/t13?,16-,21?,29-/m1/s1. The number of likely N-dealkylation sites (tertiary alicyclic amines) is 1. The maximum Gasteiger partial charge on any atom is 0.411 e. The summed E-state index contributed by atoms with van der Waals surface area (Å²) in [5.74, 6) is 0.386. The second kappa shape index (κ2) is 7.70. The molecular formula is C21H35N3O3S2. The van der Waals surface area contributed by atoms with Crippen LogP contribution in [0.5, 0.6) is 0 Å². The van der Waals surface area contributed by atoms with Crippen molar-refractivity contribution in [3.63, 3.8) is 0 Å². The predicted octanol–water partition coefficient (Wildman–Crippen LogP) is 4.51. The fraction of sp³-hybridized carbons (Fsp3) is 0.810. The number of hydrogen-bond acceptors (Lipinski definition) is 6. The summed E-state index contributed by atoms with van der Waals surface area (Å²) in [4.78, 5) is 20.8. The molecule has 29 heavy (non-hydrogen) atoms. The monoisotopic (exact) mass is 441 g/mol. The van der Waals surface area contributed by atoms with Gasteiger partial charge in [0.15, 0.2) is 0 Å². The summed E-state index contributed by atoms with van der Waals surface area (Å²) >= 11 is 0.510. The van der Waals surface area contributed by atoms with Gasteiger partial charge in [-0.15, -0.1) is 16.1 Å². The Morgan fingerprint density at radius 3 is 2.55 bits per heavy atom. The number of hydrogen-bond donors (Lipinski definition) is 1. The molecule has 6 nitrogen and oxygen atoms in total. The lowest BCUT2D eigenvalue weighted by molar-refractivity contribution is -0.0132. The number of fused-ring (bicyclic) bond motifs is 1. The van der Waals surface area contributed by atoms with Gasteiger partial charge in [-0.2, -0.15) is 0 Å². The molecule has 1 aromatic rings. The Morgan fingerprint density at radius 1 is 1.34 bits per heavy atom. The van der Waals surface area contributed by atoms with Gasteiger partial charge in [0.1, 0.15) is 16.5 Å². The number of amides is 1. The van der Waals surface area contributed by atoms with Crippen molar-refractivity contribution in [3.8, 4) is 0 Å². The molecule has 2 heterocycles. The van der Waals surface area contributed by atoms with Gasteiger partial charge in [-0.1, -0.05) is 6.92 Å². The fourth-order valence-corrected chi connectivity index (χ4v) is 6.26. The van der Waals surface area contributed by atoms with Crippen molar-refractivity contribution in [1.29, 1.82) is 0 Å². The van der Waals surface area contributed by atoms with E-state index in [9.17, 15) is 9.35 Å². The highest BCUT2D eigenvalue weighted by atomic mass is 32.2. The molecule has 0 saturated carbocycles. The third-order valence-electron chi connectivity index (χ3n) is 5.92. The van der Waals surface area contributed by atoms with Gasteiger partial charge >= 0.3 is 6.09 Å². The second-order valence-corrected chi connectivity index (χ2v) is 13.7. The van der Waals surface area contributed by atoms with E-state index in [1.165, 1.54) is 10.6 Å². The minimum Gasteiger partial charge on any atom is -0.598 e. The minimum absolute atomic E-state index is 0.0418. The predicted molar refractivity (Wildman–Crippen MR) is 118 cm³/mol. The Hall–Kier alpha value is -0.830. The number of ether oxygens (including phenoxy) is 1. The Labute approximate surface area is 182 Å². The second-order valence-electron chi connectivity index (χ2n) is 10.4. The molecule has 4 atom stereocenters. The maximum atomic E-state index is 12.9. The van der Waals surface area contributed by atoms with Crippen molar-refractivity contribution in [2.75, 3.05) is 6.54 Å². The number of aromatic nitrogens is 1. The van der Waals surface area contributed by atoms with E-state index in [4.69, 9.17) is 9.72 Å². The average Bonchev–Trinajstić information content (AvgIpc) is 3.01. The molecule has 2 aliphatic rings. The van der Waals surface area contributed by atoms with Crippen molar-refractivity contribution in [2.45, 2.75) is 97.1 Å². The van der Waals surface area contributed by atoms with E-state index in [1.54, 1.807) is 16.2 Å². The van der Waals surface area contributed by atoms with Gasteiger partial charge in [0, 0.05) is 22.8 Å². The van der Waals surface area contributed by atoms with E-state index < -0.39 is 21.7 Å². The lowest BCUT2D eigenvalue weighted by Crippen LogP contribution is -2.60. The molecule has 0 radical (unpaired) electrons. The van der Waals surface area contributed by atoms with Crippen LogP contribution in [0, 0.1) is 12.3 Å². The van der Waals surface area contributed by atoms with Crippen LogP contribution in [-0.4, -0.2) is 43.6 Å². The van der Waals surface area contributed by atoms with Crippen LogP contribution in [0.15, 0.2) is 0 Å². The Bertz CT molecular complexity index is 768. The first-order valence-electron chi connectivity index (χ1n) is 10.4. The van der Waals surface area contributed by atoms with Crippen LogP contribution in [0.25, 0.3) is 0 Å². The summed E-state index contributed by atoms with van der Waals surface area (Å²) in [5, 5.41) is 1.12. The van der Waals surface area contributed by atoms with Crippen molar-refractivity contribution < 1.29 is 14.1 Å². The van der Waals surface area contributed by atoms with Crippen LogP contribution < -0.4 is 4.72 Å². The molecule has 1 N–H and O–H groups in total. The van der Waals surface area contributed by atoms with Crippen LogP contribution in [0.2, 0.25) is 0 Å². The van der Waals surface area contributed by atoms with Gasteiger partial charge in [0.05, 0.1) is 10.7 Å². The zero-order chi connectivity index (χ0) is 21.8. The molecule has 1 saturated heterocycles. The smallest absolute Gasteiger partial charge is 0.411 e. The van der Waals surface area contributed by atoms with Gasteiger partial charge in [0.25, 0.3) is 0 Å². The van der Waals surface area contributed by atoms with Crippen LogP contribution >= 0.6 is 11.3 Å². The highest BCUT2D eigenvalue weighted by Crippen LogP contribution is 2.55. The Kier molecular flexibility index (Phi) is 6.06. The summed E-state index contributed by atoms with van der Waals surface area (Å²) in [6.45, 7) is 16.4. The molecule has 3 rings (SSSR count). The van der Waals surface area contributed by atoms with Crippen molar-refractivity contribution >= 4 is 28.8 Å². The Morgan fingerprint density at radius 2 is 2.00 bits per heavy atom. The third kappa shape index (κ3) is 4.75. The molecule has 8 heteroatoms. The lowest BCUT2D eigenvalue weighted by Gasteiger charge is -2.47. The highest BCUT2D eigenvalue weighted by molar-refractivity contribution is 7.90. The van der Waals surface area contributed by atoms with Crippen LogP contribution in [0.4, 0.5) is 4.79 Å². The van der Waals surface area contributed by atoms with Crippen molar-refractivity contribution in [2.24, 2.45) is 5.41 Å². The summed E-state index contributed by atoms with van der Waals surface area (Å²) in [7, 11) is 0. The number of carbonyl (C=O) groups is 1. The van der Waals surface area contributed by atoms with Crippen molar-refractivity contribution in [3.05, 3.63) is 15.6 Å². The molecule has 2 unspecified atom stereocenters. The zero-order valence-corrected chi connectivity index (χ0v) is 20.6. The first kappa shape index (κ1) is 22.8. The lowest BCUT2D eigenvalue weighted by atomic mass is 9.70. The van der Waals surface area contributed by atoms with Crippen LogP contribution in [0.1, 0.15) is 82.8 Å². The number of rotatable bonds is 2. The molecule has 1 aliphatic heterocycles. The quantitative estimate of drug-likeness (QED) is 0.684. The summed E-state index contributed by atoms with van der Waals surface area (Å²) < 4.78 is 21.4. The van der Waals surface area contributed by atoms with E-state index in [0.29, 0.717) is 12.5 Å². The molecule has 1 spiro atoms. The van der Waals surface area contributed by atoms with E-state index in [0.717, 1.165) is 24.3 Å². The van der Waals surface area contributed by atoms with Crippen LogP contribution in [0.3, 0.4) is 0 Å². The first-order valence-corrected chi connectivity index (χ1v) is 12.3. The van der Waals surface area contributed by atoms with Gasteiger partial charge in [0.2, 0.25) is 0 Å². The first-order chi connectivity index (χ1) is 13.2. The SMILES string of the molecule is Cc1nc2c(s1)C(C)C1(CCN(C(=O)OC(C)(C)C)[C@@H](N[S@+]([O-])C(C)(C)C)C1)C2. The minimum atomic E-state index is -1.28. The molecule has 1 aromatic heterocycles. The topological polar surface area (TPSA) is 77.5 Å². The highest BCUT2D eigenvalue weighted by Gasteiger charge is 2.52. The number of nitrogens with zero attached hydrogens (tertiary/aromatic N) is 2. The van der Waals surface area contributed by atoms with Crippen molar-refractivity contribution in [1.82, 2.24) is 14.6 Å². The maximum absolute atomic E-state index is 12.9. The number of thiazole rings is 1. The zero-order valence-electron chi connectivity index (χ0n) is 18.9. The molecule has 0 bridgehead atoms. The summed E-state index contributed by atoms with van der Waals surface area (Å²) in [6.07, 6.45) is 1.91. The molecule has 1 fully saturated rings. The molecular weight excluding hydrogens is 406 g/mol. The largest absolute Gasteiger partial charge is 0.598 e. The normalized spacial score (nSPS) is 28.5. The number of carbonyl (C=O) groups excluding carboxylic acids is 1. The van der Waals surface area contributed by atoms with E-state index >= 15 is 0 Å². The fourth-order valence-electron chi connectivity index (χ4n) is 4.31. The van der Waals surface area contributed by atoms with Gasteiger partial charge in [-0.05, 0) is 79.1 Å². The number of aryl methyl sites for hydroxylation is 1. The molecule has 1 aliphatic carbocycles. The average molecular weight is 442 g/mol. The van der Waals surface area contributed by atoms with E-state index in [1.807, 2.05) is 41.5 Å². The van der Waals surface area contributed by atoms with Crippen LogP contribution in [-0.2, 0) is 22.5 Å². The van der Waals surface area contributed by atoms with Gasteiger partial charge in [-0.3, -0.25) is 4.90 Å². The molecule has 0 aromatic carbocycles. The number of piperidine rings is 1. The van der Waals surface area contributed by atoms with Gasteiger partial charge < -0.3 is 9.29 Å². The molecule has 1 amide bonds. The summed E-state index contributed by atoms with van der Waals surface area (Å²) in [5.41, 5.74) is 0.688. The van der Waals surface area contributed by atoms with E-state index in [-0.39, 0.29) is 17.7 Å². The summed E-state index contributed by atoms with van der Waals surface area (Å²) in [6, 6.07) is 0. The number of nitrogens with one attached hydrogen (secondary N) is 1.